The van der Waals surface area contributed by atoms with Crippen LogP contribution in [0.25, 0.3) is 0 Å². The molecule has 1 amide bonds. The maximum Gasteiger partial charge on any atom is 0.227 e. The molecule has 1 fully saturated rings. The third-order valence-electron chi connectivity index (χ3n) is 2.46. The maximum absolute atomic E-state index is 11.5. The van der Waals surface area contributed by atoms with Crippen LogP contribution in [0.4, 0.5) is 5.69 Å². The number of amides is 1. The lowest BCUT2D eigenvalue weighted by Gasteiger charge is -2.23. The summed E-state index contributed by atoms with van der Waals surface area (Å²) in [5.74, 6) is 0.418. The highest BCUT2D eigenvalue weighted by Gasteiger charge is 2.24. The van der Waals surface area contributed by atoms with Gasteiger partial charge in [0.05, 0.1) is 0 Å². The first-order chi connectivity index (χ1) is 6.36. The standard InChI is InChI=1S/C11H12NO/c13-11(9-5-4-6-9)12-10-7-2-1-3-8-10/h2-3,7-9H,4-6H2,(H,12,13). The van der Waals surface area contributed by atoms with Crippen LogP contribution in [0.3, 0.4) is 0 Å². The molecule has 1 aliphatic carbocycles. The zero-order valence-corrected chi connectivity index (χ0v) is 7.42. The van der Waals surface area contributed by atoms with Crippen molar-refractivity contribution >= 4 is 11.6 Å². The Morgan fingerprint density at radius 1 is 1.38 bits per heavy atom. The van der Waals surface area contributed by atoms with E-state index in [1.54, 1.807) is 12.1 Å². The number of carbonyl (C=O) groups excluding carboxylic acids is 1. The summed E-state index contributed by atoms with van der Waals surface area (Å²) >= 11 is 0. The van der Waals surface area contributed by atoms with E-state index in [0.29, 0.717) is 0 Å². The summed E-state index contributed by atoms with van der Waals surface area (Å²) in [5.41, 5.74) is 0.871. The average molecular weight is 174 g/mol. The van der Waals surface area contributed by atoms with E-state index in [9.17, 15) is 4.79 Å². The van der Waals surface area contributed by atoms with Gasteiger partial charge in [-0.3, -0.25) is 4.79 Å². The first-order valence-electron chi connectivity index (χ1n) is 4.63. The van der Waals surface area contributed by atoms with Gasteiger partial charge in [-0.2, -0.15) is 0 Å². The van der Waals surface area contributed by atoms with E-state index in [2.05, 4.69) is 11.4 Å². The molecule has 0 aromatic heterocycles. The SMILES string of the molecule is O=C(Nc1cc[c]cc1)C1CCC1. The van der Waals surface area contributed by atoms with Crippen molar-refractivity contribution in [2.75, 3.05) is 5.32 Å². The summed E-state index contributed by atoms with van der Waals surface area (Å²) in [6.45, 7) is 0. The van der Waals surface area contributed by atoms with Crippen molar-refractivity contribution in [1.29, 1.82) is 0 Å². The van der Waals surface area contributed by atoms with Gasteiger partial charge in [-0.25, -0.2) is 0 Å². The first kappa shape index (κ1) is 8.30. The van der Waals surface area contributed by atoms with Crippen LogP contribution in [0.1, 0.15) is 19.3 Å². The second-order valence-electron chi connectivity index (χ2n) is 3.41. The quantitative estimate of drug-likeness (QED) is 0.731. The Morgan fingerprint density at radius 3 is 2.62 bits per heavy atom. The highest BCUT2D eigenvalue weighted by molar-refractivity contribution is 5.92. The minimum atomic E-state index is 0.164. The molecule has 0 aliphatic heterocycles. The van der Waals surface area contributed by atoms with Crippen LogP contribution in [-0.2, 0) is 4.79 Å². The number of hydrogen-bond donors (Lipinski definition) is 1. The zero-order valence-electron chi connectivity index (χ0n) is 7.42. The predicted octanol–water partition coefficient (Wildman–Crippen LogP) is 2.23. The third kappa shape index (κ3) is 1.89. The molecule has 0 bridgehead atoms. The van der Waals surface area contributed by atoms with Crippen LogP contribution in [0.2, 0.25) is 0 Å². The van der Waals surface area contributed by atoms with E-state index < -0.39 is 0 Å². The van der Waals surface area contributed by atoms with Crippen LogP contribution in [0.15, 0.2) is 24.3 Å². The van der Waals surface area contributed by atoms with Gasteiger partial charge in [-0.05, 0) is 31.0 Å². The summed E-state index contributed by atoms with van der Waals surface area (Å²) in [7, 11) is 0. The fourth-order valence-electron chi connectivity index (χ4n) is 1.38. The van der Waals surface area contributed by atoms with Gasteiger partial charge in [0.2, 0.25) is 5.91 Å². The monoisotopic (exact) mass is 174 g/mol. The zero-order chi connectivity index (χ0) is 9.10. The molecule has 0 unspecified atom stereocenters. The lowest BCUT2D eigenvalue weighted by Crippen LogP contribution is -2.27. The maximum atomic E-state index is 11.5. The minimum Gasteiger partial charge on any atom is -0.326 e. The van der Waals surface area contributed by atoms with Crippen molar-refractivity contribution in [3.63, 3.8) is 0 Å². The summed E-state index contributed by atoms with van der Waals surface area (Å²) < 4.78 is 0. The van der Waals surface area contributed by atoms with Crippen molar-refractivity contribution in [1.82, 2.24) is 0 Å². The molecule has 13 heavy (non-hydrogen) atoms. The number of carbonyl (C=O) groups is 1. The lowest BCUT2D eigenvalue weighted by molar-refractivity contribution is -0.122. The number of rotatable bonds is 2. The van der Waals surface area contributed by atoms with Crippen LogP contribution in [0.5, 0.6) is 0 Å². The van der Waals surface area contributed by atoms with Gasteiger partial charge in [0.25, 0.3) is 0 Å². The Hall–Kier alpha value is -1.31. The minimum absolute atomic E-state index is 0.164. The van der Waals surface area contributed by atoms with Gasteiger partial charge in [0, 0.05) is 11.6 Å². The van der Waals surface area contributed by atoms with Crippen molar-refractivity contribution in [3.05, 3.63) is 30.3 Å². The van der Waals surface area contributed by atoms with E-state index in [-0.39, 0.29) is 11.8 Å². The third-order valence-corrected chi connectivity index (χ3v) is 2.46. The molecule has 0 spiro atoms. The largest absolute Gasteiger partial charge is 0.326 e. The molecule has 0 saturated heterocycles. The predicted molar refractivity (Wildman–Crippen MR) is 51.2 cm³/mol. The van der Waals surface area contributed by atoms with Gasteiger partial charge in [-0.1, -0.05) is 18.6 Å². The molecule has 1 N–H and O–H groups in total. The fraction of sp³-hybridized carbons (Fsp3) is 0.364. The first-order valence-corrected chi connectivity index (χ1v) is 4.63. The van der Waals surface area contributed by atoms with Crippen molar-refractivity contribution < 1.29 is 4.79 Å². The summed E-state index contributed by atoms with van der Waals surface area (Å²) in [4.78, 5) is 11.5. The molecule has 0 atom stereocenters. The summed E-state index contributed by atoms with van der Waals surface area (Å²) in [5, 5.41) is 2.88. The molecule has 1 aliphatic rings. The van der Waals surface area contributed by atoms with Gasteiger partial charge in [-0.15, -0.1) is 0 Å². The van der Waals surface area contributed by atoms with Gasteiger partial charge >= 0.3 is 0 Å². The highest BCUT2D eigenvalue weighted by Crippen LogP contribution is 2.27. The second kappa shape index (κ2) is 3.60. The topological polar surface area (TPSA) is 29.1 Å². The Labute approximate surface area is 78.0 Å². The molecule has 2 nitrogen and oxygen atoms in total. The van der Waals surface area contributed by atoms with Crippen LogP contribution in [-0.4, -0.2) is 5.91 Å². The second-order valence-corrected chi connectivity index (χ2v) is 3.41. The van der Waals surface area contributed by atoms with Crippen molar-refractivity contribution in [2.45, 2.75) is 19.3 Å². The fourth-order valence-corrected chi connectivity index (χ4v) is 1.38. The van der Waals surface area contributed by atoms with Crippen molar-refractivity contribution in [2.24, 2.45) is 5.92 Å². The van der Waals surface area contributed by atoms with E-state index >= 15 is 0 Å². The van der Waals surface area contributed by atoms with E-state index in [1.807, 2.05) is 12.1 Å². The van der Waals surface area contributed by atoms with E-state index in [1.165, 1.54) is 6.42 Å². The van der Waals surface area contributed by atoms with Crippen LogP contribution < -0.4 is 5.32 Å². The molecule has 0 heterocycles. The Morgan fingerprint density at radius 2 is 2.08 bits per heavy atom. The van der Waals surface area contributed by atoms with Gasteiger partial charge in [0.15, 0.2) is 0 Å². The number of benzene rings is 1. The lowest BCUT2D eigenvalue weighted by atomic mass is 9.85. The van der Waals surface area contributed by atoms with Gasteiger partial charge < -0.3 is 5.32 Å². The molecule has 1 aromatic carbocycles. The average Bonchev–Trinajstić information content (AvgIpc) is 2.02. The normalized spacial score (nSPS) is 16.3. The number of nitrogens with one attached hydrogen (secondary N) is 1. The van der Waals surface area contributed by atoms with E-state index in [0.717, 1.165) is 18.5 Å². The molecule has 67 valence electrons. The number of hydrogen-bond acceptors (Lipinski definition) is 1. The smallest absolute Gasteiger partial charge is 0.227 e. The molecular formula is C11H12NO. The molecular weight excluding hydrogens is 162 g/mol. The van der Waals surface area contributed by atoms with Crippen molar-refractivity contribution in [3.8, 4) is 0 Å². The molecule has 1 radical (unpaired) electrons. The summed E-state index contributed by atoms with van der Waals surface area (Å²) in [6.07, 6.45) is 3.29. The molecule has 2 rings (SSSR count). The Kier molecular flexibility index (Phi) is 2.30. The highest BCUT2D eigenvalue weighted by atomic mass is 16.1. The Balaban J connectivity index is 1.94. The van der Waals surface area contributed by atoms with Crippen LogP contribution >= 0.6 is 0 Å². The number of anilines is 1. The molecule has 2 heteroatoms. The Bertz CT molecular complexity index is 290. The van der Waals surface area contributed by atoms with Crippen LogP contribution in [0, 0.1) is 12.0 Å². The van der Waals surface area contributed by atoms with Gasteiger partial charge in [0.1, 0.15) is 0 Å². The molecule has 1 saturated carbocycles. The molecule has 1 aromatic rings. The summed E-state index contributed by atoms with van der Waals surface area (Å²) in [6, 6.07) is 10.2. The van der Waals surface area contributed by atoms with E-state index in [4.69, 9.17) is 0 Å².